The third-order valence-corrected chi connectivity index (χ3v) is 12.3. The first kappa shape index (κ1) is 44.5. The number of para-hydroxylation sites is 2. The first-order chi connectivity index (χ1) is 33.5. The smallest absolute Gasteiger partial charge is 0.0468 e. The Morgan fingerprint density at radius 1 is 0.353 bits per heavy atom. The summed E-state index contributed by atoms with van der Waals surface area (Å²) in [7, 11) is 0. The molecule has 0 aliphatic heterocycles. The molecule has 0 unspecified atom stereocenters. The zero-order valence-electron chi connectivity index (χ0n) is 38.7. The summed E-state index contributed by atoms with van der Waals surface area (Å²) in [6.45, 7) is 12.1. The van der Waals surface area contributed by atoms with Crippen LogP contribution in [-0.4, -0.2) is 0 Å². The van der Waals surface area contributed by atoms with Crippen molar-refractivity contribution in [2.45, 2.75) is 13.8 Å². The molecule has 0 aliphatic rings. The molecule has 68 heavy (non-hydrogen) atoms. The van der Waals surface area contributed by atoms with Crippen LogP contribution in [0.2, 0.25) is 0 Å². The van der Waals surface area contributed by atoms with Crippen LogP contribution in [0.25, 0.3) is 55.7 Å². The molecule has 0 atom stereocenters. The summed E-state index contributed by atoms with van der Waals surface area (Å²) in [5.41, 5.74) is 20.3. The number of allylic oxidation sites excluding steroid dienone is 8. The van der Waals surface area contributed by atoms with Crippen LogP contribution in [0, 0.1) is 0 Å². The van der Waals surface area contributed by atoms with E-state index in [0.717, 1.165) is 78.6 Å². The van der Waals surface area contributed by atoms with Gasteiger partial charge in [0.1, 0.15) is 0 Å². The van der Waals surface area contributed by atoms with E-state index in [1.807, 2.05) is 12.2 Å². The molecule has 2 nitrogen and oxygen atoms in total. The molecule has 0 amide bonds. The van der Waals surface area contributed by atoms with Gasteiger partial charge in [0.2, 0.25) is 0 Å². The molecule has 0 fully saturated rings. The number of benzene rings is 9. The summed E-state index contributed by atoms with van der Waals surface area (Å²) >= 11 is 0. The summed E-state index contributed by atoms with van der Waals surface area (Å²) in [6.07, 6.45) is 12.0. The summed E-state index contributed by atoms with van der Waals surface area (Å²) in [6, 6.07) is 82.9. The van der Waals surface area contributed by atoms with Crippen molar-refractivity contribution in [2.24, 2.45) is 0 Å². The average molecular weight is 875 g/mol. The number of hydrogen-bond donors (Lipinski definition) is 0. The van der Waals surface area contributed by atoms with Crippen LogP contribution < -0.4 is 9.80 Å². The van der Waals surface area contributed by atoms with Crippen LogP contribution in [0.15, 0.2) is 280 Å². The lowest BCUT2D eigenvalue weighted by Gasteiger charge is -2.27. The lowest BCUT2D eigenvalue weighted by atomic mass is 9.91. The second-order valence-electron chi connectivity index (χ2n) is 16.5. The third-order valence-electron chi connectivity index (χ3n) is 12.3. The van der Waals surface area contributed by atoms with Crippen molar-refractivity contribution in [1.82, 2.24) is 0 Å². The molecule has 2 heteroatoms. The summed E-state index contributed by atoms with van der Waals surface area (Å²) < 4.78 is 0. The minimum Gasteiger partial charge on any atom is -0.311 e. The fourth-order valence-corrected chi connectivity index (χ4v) is 8.91. The Kier molecular flexibility index (Phi) is 13.8. The van der Waals surface area contributed by atoms with E-state index in [2.05, 4.69) is 286 Å². The summed E-state index contributed by atoms with van der Waals surface area (Å²) in [5.74, 6) is 0. The zero-order valence-corrected chi connectivity index (χ0v) is 38.7. The van der Waals surface area contributed by atoms with E-state index in [1.54, 1.807) is 6.08 Å². The molecule has 0 aliphatic carbocycles. The van der Waals surface area contributed by atoms with Gasteiger partial charge in [-0.05, 0) is 159 Å². The van der Waals surface area contributed by atoms with E-state index in [0.29, 0.717) is 0 Å². The molecule has 0 saturated carbocycles. The lowest BCUT2D eigenvalue weighted by Crippen LogP contribution is -2.10. The van der Waals surface area contributed by atoms with Crippen LogP contribution in [0.1, 0.15) is 25.0 Å². The summed E-state index contributed by atoms with van der Waals surface area (Å²) in [4.78, 5) is 4.64. The van der Waals surface area contributed by atoms with Gasteiger partial charge < -0.3 is 9.80 Å². The predicted octanol–water partition coefficient (Wildman–Crippen LogP) is 19.0. The normalized spacial score (nSPS) is 11.6. The van der Waals surface area contributed by atoms with Gasteiger partial charge in [0.25, 0.3) is 0 Å². The summed E-state index contributed by atoms with van der Waals surface area (Å²) in [5, 5.41) is 0. The van der Waals surface area contributed by atoms with Gasteiger partial charge in [-0.1, -0.05) is 201 Å². The first-order valence-electron chi connectivity index (χ1n) is 23.2. The Labute approximate surface area is 402 Å². The van der Waals surface area contributed by atoms with E-state index < -0.39 is 0 Å². The molecular weight excluding hydrogens is 821 g/mol. The van der Waals surface area contributed by atoms with Crippen LogP contribution >= 0.6 is 0 Å². The molecule has 0 saturated heterocycles. The van der Waals surface area contributed by atoms with Crippen molar-refractivity contribution in [3.05, 3.63) is 291 Å². The molecular formula is C66H54N2. The van der Waals surface area contributed by atoms with Gasteiger partial charge in [-0.2, -0.15) is 0 Å². The number of hydrogen-bond acceptors (Lipinski definition) is 2. The molecule has 328 valence electrons. The van der Waals surface area contributed by atoms with Crippen molar-refractivity contribution < 1.29 is 0 Å². The Morgan fingerprint density at radius 2 is 0.779 bits per heavy atom. The van der Waals surface area contributed by atoms with Gasteiger partial charge in [-0.3, -0.25) is 0 Å². The molecule has 0 aromatic heterocycles. The molecule has 0 radical (unpaired) electrons. The highest BCUT2D eigenvalue weighted by Crippen LogP contribution is 2.43. The molecule has 0 N–H and O–H groups in total. The standard InChI is InChI=1S/C66H54N2/c1-5-19-49(7-3)52-33-39-61(40-34-52)67(59-25-14-10-15-26-59)62-43-37-55(38-44-62)54-29-31-56(32-30-54)65-46-45-64(48-66(65)58-24-18-23-57(47-58)51-21-12-9-13-22-51)68(60-27-16-11-17-28-60)63-41-35-53(36-42-63)50(8-4)20-6-2/h5-48H,2,4H2,1,3H3/b19-5-,49-7+,50-20+. The van der Waals surface area contributed by atoms with Crippen molar-refractivity contribution in [3.63, 3.8) is 0 Å². The minimum absolute atomic E-state index is 1.03. The molecule has 0 spiro atoms. The Morgan fingerprint density at radius 3 is 1.31 bits per heavy atom. The number of anilines is 6. The quantitative estimate of drug-likeness (QED) is 0.0947. The Balaban J connectivity index is 1.08. The van der Waals surface area contributed by atoms with Crippen LogP contribution in [0.3, 0.4) is 0 Å². The van der Waals surface area contributed by atoms with E-state index in [4.69, 9.17) is 0 Å². The lowest BCUT2D eigenvalue weighted by molar-refractivity contribution is 1.28. The monoisotopic (exact) mass is 874 g/mol. The Bertz CT molecular complexity index is 3210. The van der Waals surface area contributed by atoms with Gasteiger partial charge in [-0.25, -0.2) is 0 Å². The van der Waals surface area contributed by atoms with Crippen molar-refractivity contribution in [3.8, 4) is 44.5 Å². The van der Waals surface area contributed by atoms with E-state index in [9.17, 15) is 0 Å². The fraction of sp³-hybridized carbons (Fsp3) is 0.0303. The number of rotatable bonds is 15. The molecule has 9 aromatic carbocycles. The molecule has 0 bridgehead atoms. The maximum Gasteiger partial charge on any atom is 0.0468 e. The van der Waals surface area contributed by atoms with Crippen LogP contribution in [0.4, 0.5) is 34.1 Å². The molecule has 0 heterocycles. The van der Waals surface area contributed by atoms with Gasteiger partial charge in [-0.15, -0.1) is 0 Å². The highest BCUT2D eigenvalue weighted by molar-refractivity contribution is 5.91. The maximum absolute atomic E-state index is 4.03. The van der Waals surface area contributed by atoms with E-state index >= 15 is 0 Å². The first-order valence-corrected chi connectivity index (χ1v) is 23.2. The van der Waals surface area contributed by atoms with Crippen molar-refractivity contribution in [1.29, 1.82) is 0 Å². The second-order valence-corrected chi connectivity index (χ2v) is 16.5. The number of nitrogens with zero attached hydrogens (tertiary/aromatic N) is 2. The van der Waals surface area contributed by atoms with E-state index in [1.165, 1.54) is 22.3 Å². The fourth-order valence-electron chi connectivity index (χ4n) is 8.91. The second kappa shape index (κ2) is 21.1. The van der Waals surface area contributed by atoms with Gasteiger partial charge in [0.05, 0.1) is 0 Å². The Hall–Kier alpha value is -8.72. The van der Waals surface area contributed by atoms with Gasteiger partial charge in [0, 0.05) is 34.1 Å². The van der Waals surface area contributed by atoms with Crippen LogP contribution in [-0.2, 0) is 0 Å². The highest BCUT2D eigenvalue weighted by Gasteiger charge is 2.18. The van der Waals surface area contributed by atoms with Crippen LogP contribution in [0.5, 0.6) is 0 Å². The SMILES string of the molecule is C=C/C=C(\C=C)c1ccc(N(c2ccccc2)c2ccc(-c3ccc(-c4ccc(N(c5ccccc5)c5ccc(C(/C=C\C)=C/C)cc5)cc4)cc3)c(-c3cccc(-c4ccccc4)c3)c2)cc1. The largest absolute Gasteiger partial charge is 0.311 e. The van der Waals surface area contributed by atoms with Crippen molar-refractivity contribution >= 4 is 45.3 Å². The average Bonchev–Trinajstić information content (AvgIpc) is 3.41. The molecule has 9 rings (SSSR count). The molecule has 9 aromatic rings. The predicted molar refractivity (Wildman–Crippen MR) is 294 cm³/mol. The maximum atomic E-state index is 4.03. The topological polar surface area (TPSA) is 6.48 Å². The minimum atomic E-state index is 1.03. The van der Waals surface area contributed by atoms with Gasteiger partial charge in [0.15, 0.2) is 0 Å². The zero-order chi connectivity index (χ0) is 46.7. The highest BCUT2D eigenvalue weighted by atomic mass is 15.1. The van der Waals surface area contributed by atoms with Crippen molar-refractivity contribution in [2.75, 3.05) is 9.80 Å². The van der Waals surface area contributed by atoms with E-state index in [-0.39, 0.29) is 0 Å². The van der Waals surface area contributed by atoms with Gasteiger partial charge >= 0.3 is 0 Å². The third kappa shape index (κ3) is 9.77.